The minimum atomic E-state index is -1.38. The van der Waals surface area contributed by atoms with Crippen molar-refractivity contribution >= 4 is 0 Å². The molecule has 19 heavy (non-hydrogen) atoms. The summed E-state index contributed by atoms with van der Waals surface area (Å²) >= 11 is 0. The van der Waals surface area contributed by atoms with E-state index in [1.54, 1.807) is 0 Å². The Balaban J connectivity index is 0.000000191. The van der Waals surface area contributed by atoms with Gasteiger partial charge in [-0.2, -0.15) is 0 Å². The monoisotopic (exact) mass is 284 g/mol. The molecule has 7 atom stereocenters. The molecule has 9 heteroatoms. The zero-order chi connectivity index (χ0) is 14.6. The fraction of sp³-hybridized carbons (Fsp3) is 1.00. The topological polar surface area (TPSA) is 160 Å². The first-order valence-electron chi connectivity index (χ1n) is 5.83. The number of rotatable bonds is 2. The molecule has 2 fully saturated rings. The molecule has 0 spiro atoms. The maximum absolute atomic E-state index is 8.93. The van der Waals surface area contributed by atoms with Crippen LogP contribution in [0.3, 0.4) is 0 Å². The zero-order valence-electron chi connectivity index (χ0n) is 10.1. The van der Waals surface area contributed by atoms with E-state index in [4.69, 9.17) is 35.7 Å². The highest BCUT2D eigenvalue weighted by atomic mass is 16.6. The molecule has 0 amide bonds. The quantitative estimate of drug-likeness (QED) is 0.267. The third-order valence-corrected chi connectivity index (χ3v) is 2.90. The summed E-state index contributed by atoms with van der Waals surface area (Å²) in [4.78, 5) is 0. The second-order valence-electron chi connectivity index (χ2n) is 4.34. The van der Waals surface area contributed by atoms with Gasteiger partial charge in [0, 0.05) is 6.42 Å². The Morgan fingerprint density at radius 1 is 0.789 bits per heavy atom. The van der Waals surface area contributed by atoms with Gasteiger partial charge in [0.25, 0.3) is 0 Å². The van der Waals surface area contributed by atoms with Crippen molar-refractivity contribution in [3.63, 3.8) is 0 Å². The van der Waals surface area contributed by atoms with Crippen LogP contribution in [0.5, 0.6) is 0 Å². The standard InChI is InChI=1S/C5H10O5.C5H10O4/c6-1-2-3(7)4(8)5(9)10-2;6-2-4-3(7)1-5(8)9-4/h2-9H,1H2;3-8H,1-2H2/t2-,3-,4-,5-;3-,4+,5+/m10/s1. The molecule has 7 N–H and O–H groups in total. The van der Waals surface area contributed by atoms with Gasteiger partial charge in [-0.1, -0.05) is 0 Å². The Bertz CT molecular complexity index is 263. The molecular weight excluding hydrogens is 264 g/mol. The summed E-state index contributed by atoms with van der Waals surface area (Å²) < 4.78 is 9.22. The number of hydrogen-bond donors (Lipinski definition) is 7. The van der Waals surface area contributed by atoms with Crippen molar-refractivity contribution < 1.29 is 45.2 Å². The minimum absolute atomic E-state index is 0.200. The van der Waals surface area contributed by atoms with Gasteiger partial charge < -0.3 is 45.2 Å². The molecule has 0 radical (unpaired) electrons. The highest BCUT2D eigenvalue weighted by Crippen LogP contribution is 2.18. The highest BCUT2D eigenvalue weighted by molar-refractivity contribution is 4.84. The van der Waals surface area contributed by atoms with Crippen LogP contribution in [-0.4, -0.2) is 92.1 Å². The molecule has 0 unspecified atom stereocenters. The van der Waals surface area contributed by atoms with Crippen LogP contribution < -0.4 is 0 Å². The summed E-state index contributed by atoms with van der Waals surface area (Å²) in [5.74, 6) is 0. The van der Waals surface area contributed by atoms with E-state index in [1.165, 1.54) is 0 Å². The third-order valence-electron chi connectivity index (χ3n) is 2.90. The van der Waals surface area contributed by atoms with Gasteiger partial charge >= 0.3 is 0 Å². The molecule has 0 aromatic heterocycles. The molecule has 0 aromatic rings. The smallest absolute Gasteiger partial charge is 0.184 e. The first kappa shape index (κ1) is 16.7. The van der Waals surface area contributed by atoms with Crippen LogP contribution in [0.2, 0.25) is 0 Å². The first-order chi connectivity index (χ1) is 8.90. The van der Waals surface area contributed by atoms with Gasteiger partial charge in [-0.15, -0.1) is 0 Å². The summed E-state index contributed by atoms with van der Waals surface area (Å²) in [6, 6.07) is 0. The highest BCUT2D eigenvalue weighted by Gasteiger charge is 2.41. The molecule has 2 aliphatic heterocycles. The van der Waals surface area contributed by atoms with E-state index in [0.29, 0.717) is 0 Å². The van der Waals surface area contributed by atoms with Crippen molar-refractivity contribution in [3.8, 4) is 0 Å². The predicted molar refractivity (Wildman–Crippen MR) is 58.6 cm³/mol. The predicted octanol–water partition coefficient (Wildman–Crippen LogP) is -4.14. The fourth-order valence-electron chi connectivity index (χ4n) is 1.75. The Morgan fingerprint density at radius 3 is 1.58 bits per heavy atom. The van der Waals surface area contributed by atoms with Crippen molar-refractivity contribution in [2.75, 3.05) is 13.2 Å². The van der Waals surface area contributed by atoms with Gasteiger partial charge in [0.1, 0.15) is 24.4 Å². The lowest BCUT2D eigenvalue weighted by Gasteiger charge is -2.09. The molecular formula is C10H20O9. The van der Waals surface area contributed by atoms with Crippen LogP contribution in [0.25, 0.3) is 0 Å². The van der Waals surface area contributed by atoms with Crippen molar-refractivity contribution in [2.45, 2.75) is 49.5 Å². The molecule has 0 bridgehead atoms. The van der Waals surface area contributed by atoms with Crippen LogP contribution >= 0.6 is 0 Å². The summed E-state index contributed by atoms with van der Waals surface area (Å²) in [6.45, 7) is -0.645. The minimum Gasteiger partial charge on any atom is -0.394 e. The number of hydrogen-bond acceptors (Lipinski definition) is 9. The molecule has 0 aromatic carbocycles. The van der Waals surface area contributed by atoms with E-state index < -0.39 is 49.7 Å². The van der Waals surface area contributed by atoms with Crippen molar-refractivity contribution in [3.05, 3.63) is 0 Å². The van der Waals surface area contributed by atoms with Crippen LogP contribution in [0, 0.1) is 0 Å². The van der Waals surface area contributed by atoms with E-state index in [9.17, 15) is 0 Å². The van der Waals surface area contributed by atoms with Crippen molar-refractivity contribution in [1.82, 2.24) is 0 Å². The van der Waals surface area contributed by atoms with Crippen LogP contribution in [0.4, 0.5) is 0 Å². The SMILES string of the molecule is OC[C@H]1O[C@@H](O)C[C@@H]1O.OC[C@H]1O[C@@H](O)[C@H](O)[C@@H]1O. The van der Waals surface area contributed by atoms with Gasteiger partial charge in [0.05, 0.1) is 19.3 Å². The average Bonchev–Trinajstić information content (AvgIpc) is 2.83. The molecule has 2 rings (SSSR count). The molecule has 2 heterocycles. The third kappa shape index (κ3) is 4.31. The Morgan fingerprint density at radius 2 is 1.37 bits per heavy atom. The lowest BCUT2D eigenvalue weighted by molar-refractivity contribution is -0.132. The summed E-state index contributed by atoms with van der Waals surface area (Å²) in [5, 5.41) is 61.0. The number of aliphatic hydroxyl groups excluding tert-OH is 7. The molecule has 0 aliphatic carbocycles. The van der Waals surface area contributed by atoms with Gasteiger partial charge in [-0.05, 0) is 0 Å². The lowest BCUT2D eigenvalue weighted by Crippen LogP contribution is -2.33. The zero-order valence-corrected chi connectivity index (χ0v) is 10.1. The van der Waals surface area contributed by atoms with Crippen LogP contribution in [0.15, 0.2) is 0 Å². The Labute approximate surface area is 109 Å². The summed E-state index contributed by atoms with van der Waals surface area (Å²) in [5.41, 5.74) is 0. The molecule has 9 nitrogen and oxygen atoms in total. The van der Waals surface area contributed by atoms with Crippen molar-refractivity contribution in [1.29, 1.82) is 0 Å². The number of ether oxygens (including phenoxy) is 2. The lowest BCUT2D eigenvalue weighted by atomic mass is 10.1. The molecule has 2 aliphatic rings. The Kier molecular flexibility index (Phi) is 6.53. The summed E-state index contributed by atoms with van der Waals surface area (Å²) in [7, 11) is 0. The van der Waals surface area contributed by atoms with E-state index in [-0.39, 0.29) is 13.0 Å². The van der Waals surface area contributed by atoms with Crippen LogP contribution in [0.1, 0.15) is 6.42 Å². The normalized spacial score (nSPS) is 45.9. The fourth-order valence-corrected chi connectivity index (χ4v) is 1.75. The molecule has 114 valence electrons. The largest absolute Gasteiger partial charge is 0.394 e. The number of aliphatic hydroxyl groups is 7. The van der Waals surface area contributed by atoms with Gasteiger partial charge in [0.15, 0.2) is 12.6 Å². The summed E-state index contributed by atoms with van der Waals surface area (Å²) in [6.07, 6.45) is -6.78. The van der Waals surface area contributed by atoms with E-state index in [0.717, 1.165) is 0 Å². The first-order valence-corrected chi connectivity index (χ1v) is 5.83. The molecule has 2 saturated heterocycles. The van der Waals surface area contributed by atoms with Crippen LogP contribution in [-0.2, 0) is 9.47 Å². The average molecular weight is 284 g/mol. The van der Waals surface area contributed by atoms with E-state index >= 15 is 0 Å². The second-order valence-corrected chi connectivity index (χ2v) is 4.34. The van der Waals surface area contributed by atoms with Gasteiger partial charge in [-0.25, -0.2) is 0 Å². The van der Waals surface area contributed by atoms with E-state index in [2.05, 4.69) is 9.47 Å². The maximum atomic E-state index is 8.93. The molecule has 0 saturated carbocycles. The van der Waals surface area contributed by atoms with Crippen molar-refractivity contribution in [2.24, 2.45) is 0 Å². The maximum Gasteiger partial charge on any atom is 0.184 e. The van der Waals surface area contributed by atoms with Gasteiger partial charge in [0.2, 0.25) is 0 Å². The second kappa shape index (κ2) is 7.43. The van der Waals surface area contributed by atoms with E-state index in [1.807, 2.05) is 0 Å². The Hall–Kier alpha value is -0.360. The van der Waals surface area contributed by atoms with Gasteiger partial charge in [-0.3, -0.25) is 0 Å².